The molecule has 0 amide bonds. The number of ether oxygens (including phenoxy) is 1. The highest BCUT2D eigenvalue weighted by Gasteiger charge is 2.15. The van der Waals surface area contributed by atoms with Crippen LogP contribution in [0.3, 0.4) is 0 Å². The molecule has 1 aromatic rings. The van der Waals surface area contributed by atoms with E-state index in [1.807, 2.05) is 11.8 Å². The average molecular weight is 208 g/mol. The fraction of sp³-hybridized carbons (Fsp3) is 0.500. The van der Waals surface area contributed by atoms with Crippen LogP contribution in [0.5, 0.6) is 0 Å². The number of hydrogen-bond donors (Lipinski definition) is 0. The fourth-order valence-corrected chi connectivity index (χ4v) is 2.86. The largest absolute Gasteiger partial charge is 0.381 e. The van der Waals surface area contributed by atoms with E-state index in [1.54, 1.807) is 0 Å². The van der Waals surface area contributed by atoms with Crippen molar-refractivity contribution in [2.24, 2.45) is 0 Å². The first kappa shape index (κ1) is 10.1. The van der Waals surface area contributed by atoms with E-state index in [4.69, 9.17) is 4.74 Å². The van der Waals surface area contributed by atoms with E-state index in [0.29, 0.717) is 0 Å². The van der Waals surface area contributed by atoms with Crippen LogP contribution in [-0.4, -0.2) is 18.5 Å². The standard InChI is InChI=1S/C12H16OS/c1-10-4-2-3-5-12(10)14-11-6-8-13-9-7-11/h2-5,11H,6-9H2,1H3. The first-order valence-electron chi connectivity index (χ1n) is 5.16. The Morgan fingerprint density at radius 1 is 1.21 bits per heavy atom. The lowest BCUT2D eigenvalue weighted by Gasteiger charge is -2.22. The van der Waals surface area contributed by atoms with Gasteiger partial charge in [-0.1, -0.05) is 18.2 Å². The summed E-state index contributed by atoms with van der Waals surface area (Å²) in [5.41, 5.74) is 1.39. The highest BCUT2D eigenvalue weighted by atomic mass is 32.2. The minimum Gasteiger partial charge on any atom is -0.381 e. The maximum absolute atomic E-state index is 5.35. The van der Waals surface area contributed by atoms with Crippen molar-refractivity contribution in [2.45, 2.75) is 29.9 Å². The SMILES string of the molecule is Cc1ccccc1SC1CCOCC1. The Morgan fingerprint density at radius 2 is 1.93 bits per heavy atom. The Balaban J connectivity index is 1.99. The third-order valence-electron chi connectivity index (χ3n) is 2.56. The maximum atomic E-state index is 5.35. The number of hydrogen-bond acceptors (Lipinski definition) is 2. The lowest BCUT2D eigenvalue weighted by atomic mass is 10.2. The lowest BCUT2D eigenvalue weighted by Crippen LogP contribution is -2.17. The van der Waals surface area contributed by atoms with Gasteiger partial charge in [0.1, 0.15) is 0 Å². The molecule has 76 valence electrons. The molecule has 1 aliphatic rings. The van der Waals surface area contributed by atoms with Crippen LogP contribution >= 0.6 is 11.8 Å². The Bertz CT molecular complexity index is 292. The minimum absolute atomic E-state index is 0.754. The summed E-state index contributed by atoms with van der Waals surface area (Å²) in [4.78, 5) is 1.43. The van der Waals surface area contributed by atoms with Crippen LogP contribution in [0.1, 0.15) is 18.4 Å². The molecule has 0 aromatic heterocycles. The molecule has 1 nitrogen and oxygen atoms in total. The summed E-state index contributed by atoms with van der Waals surface area (Å²) >= 11 is 2.01. The van der Waals surface area contributed by atoms with Gasteiger partial charge in [-0.2, -0.15) is 0 Å². The molecule has 1 aliphatic heterocycles. The van der Waals surface area contributed by atoms with E-state index in [2.05, 4.69) is 31.2 Å². The number of thioether (sulfide) groups is 1. The summed E-state index contributed by atoms with van der Waals surface area (Å²) in [6, 6.07) is 8.62. The zero-order valence-corrected chi connectivity index (χ0v) is 9.35. The van der Waals surface area contributed by atoms with Gasteiger partial charge in [0.2, 0.25) is 0 Å². The van der Waals surface area contributed by atoms with Crippen LogP contribution in [-0.2, 0) is 4.74 Å². The molecule has 1 heterocycles. The first-order chi connectivity index (χ1) is 6.86. The number of rotatable bonds is 2. The van der Waals surface area contributed by atoms with Gasteiger partial charge >= 0.3 is 0 Å². The summed E-state index contributed by atoms with van der Waals surface area (Å²) in [5, 5.41) is 0.754. The molecule has 1 saturated heterocycles. The van der Waals surface area contributed by atoms with Crippen molar-refractivity contribution in [2.75, 3.05) is 13.2 Å². The van der Waals surface area contributed by atoms with Gasteiger partial charge in [0.25, 0.3) is 0 Å². The zero-order valence-electron chi connectivity index (χ0n) is 8.53. The van der Waals surface area contributed by atoms with Gasteiger partial charge in [-0.3, -0.25) is 0 Å². The molecule has 2 rings (SSSR count). The van der Waals surface area contributed by atoms with E-state index >= 15 is 0 Å². The number of aryl methyl sites for hydroxylation is 1. The molecule has 0 unspecified atom stereocenters. The van der Waals surface area contributed by atoms with Crippen LogP contribution in [0, 0.1) is 6.92 Å². The van der Waals surface area contributed by atoms with Crippen LogP contribution in [0.2, 0.25) is 0 Å². The predicted molar refractivity (Wildman–Crippen MR) is 60.9 cm³/mol. The third-order valence-corrected chi connectivity index (χ3v) is 4.07. The second kappa shape index (κ2) is 4.85. The van der Waals surface area contributed by atoms with E-state index in [0.717, 1.165) is 18.5 Å². The van der Waals surface area contributed by atoms with E-state index in [1.165, 1.54) is 23.3 Å². The Labute approximate surface area is 89.9 Å². The highest BCUT2D eigenvalue weighted by Crippen LogP contribution is 2.31. The second-order valence-electron chi connectivity index (χ2n) is 3.70. The van der Waals surface area contributed by atoms with Crippen LogP contribution in [0.15, 0.2) is 29.2 Å². The van der Waals surface area contributed by atoms with Gasteiger partial charge in [0.15, 0.2) is 0 Å². The van der Waals surface area contributed by atoms with Crippen LogP contribution in [0.25, 0.3) is 0 Å². The third kappa shape index (κ3) is 2.52. The van der Waals surface area contributed by atoms with E-state index < -0.39 is 0 Å². The molecule has 0 N–H and O–H groups in total. The van der Waals surface area contributed by atoms with Crippen LogP contribution < -0.4 is 0 Å². The van der Waals surface area contributed by atoms with Gasteiger partial charge in [0.05, 0.1) is 0 Å². The predicted octanol–water partition coefficient (Wildman–Crippen LogP) is 3.27. The molecule has 0 radical (unpaired) electrons. The summed E-state index contributed by atoms with van der Waals surface area (Å²) < 4.78 is 5.35. The van der Waals surface area contributed by atoms with Crippen molar-refractivity contribution >= 4 is 11.8 Å². The number of benzene rings is 1. The average Bonchev–Trinajstić information content (AvgIpc) is 2.23. The smallest absolute Gasteiger partial charge is 0.0476 e. The molecule has 2 heteroatoms. The molecule has 0 bridgehead atoms. The molecule has 0 saturated carbocycles. The molecule has 0 atom stereocenters. The quantitative estimate of drug-likeness (QED) is 0.737. The Morgan fingerprint density at radius 3 is 2.64 bits per heavy atom. The van der Waals surface area contributed by atoms with Crippen molar-refractivity contribution in [3.63, 3.8) is 0 Å². The summed E-state index contributed by atoms with van der Waals surface area (Å²) in [7, 11) is 0. The monoisotopic (exact) mass is 208 g/mol. The molecule has 1 fully saturated rings. The first-order valence-corrected chi connectivity index (χ1v) is 6.04. The van der Waals surface area contributed by atoms with Crippen molar-refractivity contribution in [3.05, 3.63) is 29.8 Å². The van der Waals surface area contributed by atoms with Gasteiger partial charge < -0.3 is 4.74 Å². The van der Waals surface area contributed by atoms with Gasteiger partial charge in [0, 0.05) is 23.4 Å². The molecular weight excluding hydrogens is 192 g/mol. The molecule has 14 heavy (non-hydrogen) atoms. The Kier molecular flexibility index (Phi) is 3.49. The lowest BCUT2D eigenvalue weighted by molar-refractivity contribution is 0.100. The molecule has 0 aliphatic carbocycles. The maximum Gasteiger partial charge on any atom is 0.0476 e. The topological polar surface area (TPSA) is 9.23 Å². The van der Waals surface area contributed by atoms with Gasteiger partial charge in [-0.15, -0.1) is 11.8 Å². The van der Waals surface area contributed by atoms with Gasteiger partial charge in [-0.25, -0.2) is 0 Å². The highest BCUT2D eigenvalue weighted by molar-refractivity contribution is 8.00. The summed E-state index contributed by atoms with van der Waals surface area (Å²) in [6.45, 7) is 4.05. The molecule has 1 aromatic carbocycles. The van der Waals surface area contributed by atoms with Crippen molar-refractivity contribution in [3.8, 4) is 0 Å². The molecular formula is C12H16OS. The van der Waals surface area contributed by atoms with Crippen molar-refractivity contribution < 1.29 is 4.74 Å². The normalized spacial score (nSPS) is 18.4. The van der Waals surface area contributed by atoms with Crippen molar-refractivity contribution in [1.29, 1.82) is 0 Å². The van der Waals surface area contributed by atoms with E-state index in [-0.39, 0.29) is 0 Å². The van der Waals surface area contributed by atoms with Gasteiger partial charge in [-0.05, 0) is 31.4 Å². The minimum atomic E-state index is 0.754. The summed E-state index contributed by atoms with van der Waals surface area (Å²) in [6.07, 6.45) is 2.39. The van der Waals surface area contributed by atoms with Crippen LogP contribution in [0.4, 0.5) is 0 Å². The summed E-state index contributed by atoms with van der Waals surface area (Å²) in [5.74, 6) is 0. The van der Waals surface area contributed by atoms with Crippen molar-refractivity contribution in [1.82, 2.24) is 0 Å². The van der Waals surface area contributed by atoms with E-state index in [9.17, 15) is 0 Å². The zero-order chi connectivity index (χ0) is 9.80. The fourth-order valence-electron chi connectivity index (χ4n) is 1.66. The second-order valence-corrected chi connectivity index (χ2v) is 5.04. The molecule has 0 spiro atoms. The Hall–Kier alpha value is -0.470.